The number of imide groups is 1. The molecule has 33 heavy (non-hydrogen) atoms. The molecule has 2 saturated heterocycles. The molecule has 2 fully saturated rings. The zero-order valence-corrected chi connectivity index (χ0v) is 19.4. The van der Waals surface area contributed by atoms with Crippen LogP contribution in [0, 0.1) is 5.92 Å². The van der Waals surface area contributed by atoms with Gasteiger partial charge in [0.15, 0.2) is 0 Å². The SMILES string of the molecule is CN1CCC[C@@H](CN(C)C(=O)C[C@@]2(c3ccccc3)CC(=O)N(Cc3cccnc3)C2=O)C1. The van der Waals surface area contributed by atoms with Gasteiger partial charge in [-0.25, -0.2) is 0 Å². The van der Waals surface area contributed by atoms with Crippen molar-refractivity contribution in [1.29, 1.82) is 0 Å². The smallest absolute Gasteiger partial charge is 0.241 e. The number of benzene rings is 1. The average molecular weight is 449 g/mol. The summed E-state index contributed by atoms with van der Waals surface area (Å²) in [5, 5.41) is 0. The van der Waals surface area contributed by atoms with Crippen molar-refractivity contribution >= 4 is 17.7 Å². The Morgan fingerprint density at radius 1 is 1.18 bits per heavy atom. The second-order valence-corrected chi connectivity index (χ2v) is 9.49. The first-order valence-electron chi connectivity index (χ1n) is 11.6. The van der Waals surface area contributed by atoms with Crippen LogP contribution in [-0.2, 0) is 26.3 Å². The molecule has 3 amide bonds. The molecule has 0 spiro atoms. The third-order valence-corrected chi connectivity index (χ3v) is 6.93. The Morgan fingerprint density at radius 2 is 1.97 bits per heavy atom. The van der Waals surface area contributed by atoms with E-state index < -0.39 is 5.41 Å². The first-order chi connectivity index (χ1) is 15.9. The van der Waals surface area contributed by atoms with E-state index in [4.69, 9.17) is 0 Å². The van der Waals surface area contributed by atoms with Gasteiger partial charge in [0.25, 0.3) is 0 Å². The molecular formula is C26H32N4O3. The van der Waals surface area contributed by atoms with Gasteiger partial charge in [0.05, 0.1) is 12.0 Å². The number of pyridine rings is 1. The van der Waals surface area contributed by atoms with Gasteiger partial charge in [0.1, 0.15) is 0 Å². The van der Waals surface area contributed by atoms with Gasteiger partial charge in [0, 0.05) is 45.4 Å². The molecule has 0 unspecified atom stereocenters. The summed E-state index contributed by atoms with van der Waals surface area (Å²) in [6.07, 6.45) is 5.54. The first-order valence-corrected chi connectivity index (χ1v) is 11.6. The van der Waals surface area contributed by atoms with Gasteiger partial charge in [-0.15, -0.1) is 0 Å². The summed E-state index contributed by atoms with van der Waals surface area (Å²) in [5.41, 5.74) is 0.332. The van der Waals surface area contributed by atoms with Crippen molar-refractivity contribution in [2.75, 3.05) is 33.7 Å². The molecular weight excluding hydrogens is 416 g/mol. The van der Waals surface area contributed by atoms with E-state index in [1.165, 1.54) is 4.90 Å². The molecule has 7 heteroatoms. The molecule has 0 bridgehead atoms. The van der Waals surface area contributed by atoms with Crippen molar-refractivity contribution in [3.63, 3.8) is 0 Å². The Bertz CT molecular complexity index is 997. The van der Waals surface area contributed by atoms with Crippen LogP contribution < -0.4 is 0 Å². The summed E-state index contributed by atoms with van der Waals surface area (Å²) in [6.45, 7) is 2.89. The minimum absolute atomic E-state index is 0.00184. The van der Waals surface area contributed by atoms with E-state index in [-0.39, 0.29) is 37.1 Å². The van der Waals surface area contributed by atoms with Crippen LogP contribution in [0.1, 0.15) is 36.8 Å². The molecule has 3 heterocycles. The molecule has 0 radical (unpaired) electrons. The lowest BCUT2D eigenvalue weighted by Gasteiger charge is -2.34. The second-order valence-electron chi connectivity index (χ2n) is 9.49. The summed E-state index contributed by atoms with van der Waals surface area (Å²) in [7, 11) is 3.92. The van der Waals surface area contributed by atoms with E-state index in [0.29, 0.717) is 12.5 Å². The highest BCUT2D eigenvalue weighted by Gasteiger charge is 2.54. The van der Waals surface area contributed by atoms with Crippen LogP contribution in [0.2, 0.25) is 0 Å². The minimum atomic E-state index is -1.17. The zero-order chi connectivity index (χ0) is 23.4. The Hall–Kier alpha value is -3.06. The van der Waals surface area contributed by atoms with Gasteiger partial charge in [-0.1, -0.05) is 36.4 Å². The molecule has 1 aromatic carbocycles. The maximum absolute atomic E-state index is 13.7. The molecule has 174 valence electrons. The maximum Gasteiger partial charge on any atom is 0.241 e. The van der Waals surface area contributed by atoms with Gasteiger partial charge in [-0.05, 0) is 49.5 Å². The first kappa shape index (κ1) is 23.1. The summed E-state index contributed by atoms with van der Waals surface area (Å²) in [6, 6.07) is 12.9. The molecule has 1 aromatic heterocycles. The molecule has 0 saturated carbocycles. The number of nitrogens with zero attached hydrogens (tertiary/aromatic N) is 4. The fraction of sp³-hybridized carbons (Fsp3) is 0.462. The van der Waals surface area contributed by atoms with Crippen LogP contribution in [0.4, 0.5) is 0 Å². The zero-order valence-electron chi connectivity index (χ0n) is 19.4. The van der Waals surface area contributed by atoms with Crippen LogP contribution in [0.15, 0.2) is 54.9 Å². The third kappa shape index (κ3) is 4.98. The highest BCUT2D eigenvalue weighted by molar-refractivity contribution is 6.10. The van der Waals surface area contributed by atoms with Gasteiger partial charge in [-0.3, -0.25) is 24.3 Å². The lowest BCUT2D eigenvalue weighted by molar-refractivity contribution is -0.143. The summed E-state index contributed by atoms with van der Waals surface area (Å²) in [5.74, 6) is -0.233. The molecule has 4 rings (SSSR count). The van der Waals surface area contributed by atoms with Crippen molar-refractivity contribution in [3.05, 3.63) is 66.0 Å². The van der Waals surface area contributed by atoms with Crippen molar-refractivity contribution < 1.29 is 14.4 Å². The molecule has 2 aromatic rings. The highest BCUT2D eigenvalue weighted by atomic mass is 16.2. The molecule has 2 aliphatic heterocycles. The van der Waals surface area contributed by atoms with Crippen LogP contribution >= 0.6 is 0 Å². The van der Waals surface area contributed by atoms with E-state index in [9.17, 15) is 14.4 Å². The number of amides is 3. The van der Waals surface area contributed by atoms with Crippen molar-refractivity contribution in [3.8, 4) is 0 Å². The van der Waals surface area contributed by atoms with E-state index in [1.807, 2.05) is 43.4 Å². The standard InChI is InChI=1S/C26H32N4O3/c1-28-13-7-9-21(17-28)18-29(2)23(31)14-26(22-10-4-3-5-11-22)15-24(32)30(25(26)33)19-20-8-6-12-27-16-20/h3-6,8,10-12,16,21H,7,9,13-15,17-19H2,1-2H3/t21-,26+/m1/s1. The lowest BCUT2D eigenvalue weighted by atomic mass is 9.75. The maximum atomic E-state index is 13.7. The number of rotatable bonds is 7. The Morgan fingerprint density at radius 3 is 2.67 bits per heavy atom. The highest BCUT2D eigenvalue weighted by Crippen LogP contribution is 2.41. The molecule has 2 atom stereocenters. The average Bonchev–Trinajstić information content (AvgIpc) is 3.05. The van der Waals surface area contributed by atoms with Gasteiger partial charge < -0.3 is 9.80 Å². The number of hydrogen-bond donors (Lipinski definition) is 0. The fourth-order valence-electron chi connectivity index (χ4n) is 5.16. The predicted octanol–water partition coefficient (Wildman–Crippen LogP) is 2.47. The Balaban J connectivity index is 1.56. The van der Waals surface area contributed by atoms with Crippen molar-refractivity contribution in [2.24, 2.45) is 5.92 Å². The molecule has 7 nitrogen and oxygen atoms in total. The van der Waals surface area contributed by atoms with E-state index >= 15 is 0 Å². The van der Waals surface area contributed by atoms with Crippen LogP contribution in [-0.4, -0.2) is 71.1 Å². The lowest BCUT2D eigenvalue weighted by Crippen LogP contribution is -2.44. The number of piperidine rings is 1. The second kappa shape index (κ2) is 9.83. The monoisotopic (exact) mass is 448 g/mol. The summed E-state index contributed by atoms with van der Waals surface area (Å²) in [4.78, 5) is 49.6. The van der Waals surface area contributed by atoms with E-state index in [2.05, 4.69) is 16.9 Å². The summed E-state index contributed by atoms with van der Waals surface area (Å²) < 4.78 is 0. The van der Waals surface area contributed by atoms with E-state index in [0.717, 1.165) is 37.1 Å². The van der Waals surface area contributed by atoms with Crippen molar-refractivity contribution in [2.45, 2.75) is 37.6 Å². The van der Waals surface area contributed by atoms with Crippen LogP contribution in [0.5, 0.6) is 0 Å². The number of hydrogen-bond acceptors (Lipinski definition) is 5. The van der Waals surface area contributed by atoms with Crippen molar-refractivity contribution in [1.82, 2.24) is 19.7 Å². The Kier molecular flexibility index (Phi) is 6.88. The predicted molar refractivity (Wildman–Crippen MR) is 125 cm³/mol. The van der Waals surface area contributed by atoms with Crippen LogP contribution in [0.25, 0.3) is 0 Å². The number of carbonyl (C=O) groups excluding carboxylic acids is 3. The topological polar surface area (TPSA) is 73.8 Å². The van der Waals surface area contributed by atoms with Gasteiger partial charge >= 0.3 is 0 Å². The summed E-state index contributed by atoms with van der Waals surface area (Å²) >= 11 is 0. The van der Waals surface area contributed by atoms with Crippen LogP contribution in [0.3, 0.4) is 0 Å². The number of aromatic nitrogens is 1. The quantitative estimate of drug-likeness (QED) is 0.609. The van der Waals surface area contributed by atoms with Gasteiger partial charge in [0.2, 0.25) is 17.7 Å². The number of carbonyl (C=O) groups is 3. The van der Waals surface area contributed by atoms with E-state index in [1.54, 1.807) is 23.4 Å². The largest absolute Gasteiger partial charge is 0.345 e. The minimum Gasteiger partial charge on any atom is -0.345 e. The molecule has 0 aliphatic carbocycles. The fourth-order valence-corrected chi connectivity index (χ4v) is 5.16. The Labute approximate surface area is 195 Å². The normalized spacial score (nSPS) is 23.7. The molecule has 2 aliphatic rings. The third-order valence-electron chi connectivity index (χ3n) is 6.93. The molecule has 0 N–H and O–H groups in total. The van der Waals surface area contributed by atoms with Gasteiger partial charge in [-0.2, -0.15) is 0 Å². The number of likely N-dealkylation sites (tertiary alicyclic amines) is 2.